The molecule has 0 spiro atoms. The van der Waals surface area contributed by atoms with Crippen LogP contribution in [0.2, 0.25) is 0 Å². The number of hydrogen-bond acceptors (Lipinski definition) is 3. The molecular formula is C13H24N2O2. The third kappa shape index (κ3) is 2.33. The van der Waals surface area contributed by atoms with E-state index in [1.807, 2.05) is 0 Å². The number of amides is 1. The predicted octanol–water partition coefficient (Wildman–Crippen LogP) is 0.901. The highest BCUT2D eigenvalue weighted by atomic mass is 16.5. The molecule has 4 nitrogen and oxygen atoms in total. The molecule has 0 aromatic carbocycles. The van der Waals surface area contributed by atoms with E-state index < -0.39 is 0 Å². The van der Waals surface area contributed by atoms with Crippen molar-refractivity contribution in [2.45, 2.75) is 45.7 Å². The van der Waals surface area contributed by atoms with E-state index in [2.05, 4.69) is 26.1 Å². The minimum atomic E-state index is -0.0215. The number of hydrogen-bond donors (Lipinski definition) is 2. The fourth-order valence-electron chi connectivity index (χ4n) is 2.94. The van der Waals surface area contributed by atoms with Gasteiger partial charge in [-0.1, -0.05) is 20.8 Å². The van der Waals surface area contributed by atoms with Gasteiger partial charge in [-0.05, 0) is 24.2 Å². The Morgan fingerprint density at radius 1 is 1.35 bits per heavy atom. The second-order valence-corrected chi connectivity index (χ2v) is 6.15. The lowest BCUT2D eigenvalue weighted by Crippen LogP contribution is -2.56. The summed E-state index contributed by atoms with van der Waals surface area (Å²) >= 11 is 0. The third-order valence-electron chi connectivity index (χ3n) is 4.80. The number of nitrogens with two attached hydrogens (primary N) is 1. The van der Waals surface area contributed by atoms with E-state index in [1.54, 1.807) is 0 Å². The zero-order chi connectivity index (χ0) is 12.6. The summed E-state index contributed by atoms with van der Waals surface area (Å²) in [6.07, 6.45) is 1.85. The highest BCUT2D eigenvalue weighted by Gasteiger charge is 2.45. The predicted molar refractivity (Wildman–Crippen MR) is 66.4 cm³/mol. The maximum absolute atomic E-state index is 12.3. The van der Waals surface area contributed by atoms with Gasteiger partial charge in [0.1, 0.15) is 0 Å². The van der Waals surface area contributed by atoms with E-state index in [0.717, 1.165) is 12.8 Å². The van der Waals surface area contributed by atoms with Crippen molar-refractivity contribution in [2.24, 2.45) is 23.0 Å². The van der Waals surface area contributed by atoms with Gasteiger partial charge < -0.3 is 15.8 Å². The van der Waals surface area contributed by atoms with Gasteiger partial charge in [-0.15, -0.1) is 0 Å². The smallest absolute Gasteiger partial charge is 0.224 e. The van der Waals surface area contributed by atoms with Crippen molar-refractivity contribution in [1.29, 1.82) is 0 Å². The largest absolute Gasteiger partial charge is 0.377 e. The lowest BCUT2D eigenvalue weighted by molar-refractivity contribution is -0.136. The molecule has 1 aliphatic carbocycles. The molecule has 1 saturated heterocycles. The summed E-state index contributed by atoms with van der Waals surface area (Å²) in [6, 6.07) is 0.449. The molecule has 1 aliphatic heterocycles. The van der Waals surface area contributed by atoms with Crippen LogP contribution in [-0.4, -0.2) is 31.2 Å². The van der Waals surface area contributed by atoms with E-state index in [-0.39, 0.29) is 29.3 Å². The molecule has 0 radical (unpaired) electrons. The monoisotopic (exact) mass is 240 g/mol. The molecule has 98 valence electrons. The average molecular weight is 240 g/mol. The molecule has 1 saturated carbocycles. The van der Waals surface area contributed by atoms with Crippen molar-refractivity contribution >= 4 is 5.91 Å². The zero-order valence-corrected chi connectivity index (χ0v) is 11.0. The Balaban J connectivity index is 2.01. The summed E-state index contributed by atoms with van der Waals surface area (Å²) in [5, 5.41) is 3.07. The molecule has 0 bridgehead atoms. The van der Waals surface area contributed by atoms with Gasteiger partial charge in [0, 0.05) is 12.0 Å². The number of rotatable bonds is 2. The van der Waals surface area contributed by atoms with Crippen LogP contribution in [-0.2, 0) is 9.53 Å². The minimum Gasteiger partial charge on any atom is -0.377 e. The van der Waals surface area contributed by atoms with Crippen molar-refractivity contribution in [3.8, 4) is 0 Å². The first-order valence-electron chi connectivity index (χ1n) is 6.56. The highest BCUT2D eigenvalue weighted by molar-refractivity contribution is 5.80. The maximum atomic E-state index is 12.3. The molecule has 4 heteroatoms. The van der Waals surface area contributed by atoms with Crippen LogP contribution in [0.5, 0.6) is 0 Å². The summed E-state index contributed by atoms with van der Waals surface area (Å²) in [5.41, 5.74) is 6.08. The Kier molecular flexibility index (Phi) is 3.46. The summed E-state index contributed by atoms with van der Waals surface area (Å²) < 4.78 is 5.08. The topological polar surface area (TPSA) is 64.4 Å². The summed E-state index contributed by atoms with van der Waals surface area (Å²) in [6.45, 7) is 7.81. The third-order valence-corrected chi connectivity index (χ3v) is 4.80. The first-order chi connectivity index (χ1) is 7.93. The van der Waals surface area contributed by atoms with Gasteiger partial charge in [0.25, 0.3) is 0 Å². The first kappa shape index (κ1) is 12.8. The van der Waals surface area contributed by atoms with Gasteiger partial charge in [-0.25, -0.2) is 0 Å². The fraction of sp³-hybridized carbons (Fsp3) is 0.923. The standard InChI is InChI=1S/C13H24N2O2/c1-8-11(14)5-4-10(13(8,2)3)12(16)15-9-6-17-7-9/h8-11H,4-7,14H2,1-3H3,(H,15,16). The van der Waals surface area contributed by atoms with Gasteiger partial charge in [-0.2, -0.15) is 0 Å². The first-order valence-corrected chi connectivity index (χ1v) is 6.56. The second-order valence-electron chi connectivity index (χ2n) is 6.15. The Morgan fingerprint density at radius 2 is 2.00 bits per heavy atom. The lowest BCUT2D eigenvalue weighted by atomic mass is 9.61. The molecule has 3 unspecified atom stereocenters. The van der Waals surface area contributed by atoms with Crippen LogP contribution in [0.15, 0.2) is 0 Å². The van der Waals surface area contributed by atoms with Crippen LogP contribution in [0, 0.1) is 17.3 Å². The molecule has 0 aromatic rings. The molecule has 0 aromatic heterocycles. The fourth-order valence-corrected chi connectivity index (χ4v) is 2.94. The molecule has 3 atom stereocenters. The Labute approximate surface area is 103 Å². The number of nitrogens with one attached hydrogen (secondary N) is 1. The van der Waals surface area contributed by atoms with Crippen LogP contribution in [0.1, 0.15) is 33.6 Å². The Morgan fingerprint density at radius 3 is 2.53 bits per heavy atom. The highest BCUT2D eigenvalue weighted by Crippen LogP contribution is 2.44. The van der Waals surface area contributed by atoms with Gasteiger partial charge >= 0.3 is 0 Å². The van der Waals surface area contributed by atoms with Gasteiger partial charge in [0.15, 0.2) is 0 Å². The summed E-state index contributed by atoms with van der Waals surface area (Å²) in [4.78, 5) is 12.3. The number of ether oxygens (including phenoxy) is 1. The summed E-state index contributed by atoms with van der Waals surface area (Å²) in [7, 11) is 0. The molecule has 1 heterocycles. The normalized spacial score (nSPS) is 37.3. The van der Waals surface area contributed by atoms with Crippen LogP contribution >= 0.6 is 0 Å². The summed E-state index contributed by atoms with van der Waals surface area (Å²) in [5.74, 6) is 0.643. The molecule has 1 amide bonds. The second kappa shape index (κ2) is 4.58. The molecule has 3 N–H and O–H groups in total. The minimum absolute atomic E-state index is 0.0215. The van der Waals surface area contributed by atoms with Crippen molar-refractivity contribution < 1.29 is 9.53 Å². The van der Waals surface area contributed by atoms with E-state index in [9.17, 15) is 4.79 Å². The quantitative estimate of drug-likeness (QED) is 0.754. The van der Waals surface area contributed by atoms with Crippen molar-refractivity contribution in [2.75, 3.05) is 13.2 Å². The van der Waals surface area contributed by atoms with Gasteiger partial charge in [0.05, 0.1) is 19.3 Å². The SMILES string of the molecule is CC1C(N)CCC(C(=O)NC2COC2)C1(C)C. The Bertz CT molecular complexity index is 300. The van der Waals surface area contributed by atoms with Crippen molar-refractivity contribution in [3.05, 3.63) is 0 Å². The Hall–Kier alpha value is -0.610. The zero-order valence-electron chi connectivity index (χ0n) is 11.0. The van der Waals surface area contributed by atoms with E-state index in [0.29, 0.717) is 19.1 Å². The van der Waals surface area contributed by atoms with Crippen LogP contribution < -0.4 is 11.1 Å². The number of carbonyl (C=O) groups excluding carboxylic acids is 1. The van der Waals surface area contributed by atoms with Crippen LogP contribution in [0.4, 0.5) is 0 Å². The molecule has 17 heavy (non-hydrogen) atoms. The molecule has 2 fully saturated rings. The molecule has 2 rings (SSSR count). The van der Waals surface area contributed by atoms with E-state index >= 15 is 0 Å². The maximum Gasteiger partial charge on any atom is 0.224 e. The molecular weight excluding hydrogens is 216 g/mol. The number of carbonyl (C=O) groups is 1. The van der Waals surface area contributed by atoms with Gasteiger partial charge in [-0.3, -0.25) is 4.79 Å². The van der Waals surface area contributed by atoms with Gasteiger partial charge in [0.2, 0.25) is 5.91 Å². The van der Waals surface area contributed by atoms with Crippen molar-refractivity contribution in [3.63, 3.8) is 0 Å². The lowest BCUT2D eigenvalue weighted by Gasteiger charge is -2.46. The molecule has 2 aliphatic rings. The average Bonchev–Trinajstić information content (AvgIpc) is 2.20. The van der Waals surface area contributed by atoms with Crippen LogP contribution in [0.3, 0.4) is 0 Å². The van der Waals surface area contributed by atoms with E-state index in [1.165, 1.54) is 0 Å². The van der Waals surface area contributed by atoms with Crippen LogP contribution in [0.25, 0.3) is 0 Å². The van der Waals surface area contributed by atoms with Crippen molar-refractivity contribution in [1.82, 2.24) is 5.32 Å². The van der Waals surface area contributed by atoms with E-state index in [4.69, 9.17) is 10.5 Å².